The molecule has 0 aromatic rings. The molecule has 4 nitrogen and oxygen atoms in total. The van der Waals surface area contributed by atoms with Crippen LogP contribution in [0.25, 0.3) is 0 Å². The molecular weight excluding hydrogens is 376 g/mol. The first-order chi connectivity index (χ1) is 14.2. The van der Waals surface area contributed by atoms with Crippen LogP contribution < -0.4 is 0 Å². The molecule has 11 atom stereocenters. The second kappa shape index (κ2) is 8.06. The van der Waals surface area contributed by atoms with Gasteiger partial charge < -0.3 is 14.9 Å². The number of rotatable bonds is 4. The number of aliphatic hydroxyl groups is 2. The Hall–Kier alpha value is -0.610. The topological polar surface area (TPSA) is 66.8 Å². The van der Waals surface area contributed by atoms with E-state index >= 15 is 0 Å². The van der Waals surface area contributed by atoms with Crippen LogP contribution in [0.1, 0.15) is 85.5 Å². The van der Waals surface area contributed by atoms with Crippen molar-refractivity contribution in [3.8, 4) is 0 Å². The Labute approximate surface area is 183 Å². The van der Waals surface area contributed by atoms with Gasteiger partial charge in [-0.25, -0.2) is 0 Å². The molecule has 4 unspecified atom stereocenters. The minimum atomic E-state index is -0.248. The maximum atomic E-state index is 11.9. The first-order valence-electron chi connectivity index (χ1n) is 12.6. The van der Waals surface area contributed by atoms with Gasteiger partial charge in [-0.1, -0.05) is 34.1 Å². The summed E-state index contributed by atoms with van der Waals surface area (Å²) in [5, 5.41) is 22.1. The van der Waals surface area contributed by atoms with Crippen LogP contribution in [0.15, 0.2) is 0 Å². The molecule has 172 valence electrons. The number of carbonyl (C=O) groups excluding carboxylic acids is 1. The summed E-state index contributed by atoms with van der Waals surface area (Å²) in [6.45, 7) is 9.41. The van der Waals surface area contributed by atoms with E-state index in [1.165, 1.54) is 32.8 Å². The van der Waals surface area contributed by atoms with Crippen LogP contribution in [0.4, 0.5) is 0 Å². The zero-order valence-electron chi connectivity index (χ0n) is 19.8. The third kappa shape index (κ3) is 3.27. The lowest BCUT2D eigenvalue weighted by atomic mass is 9.41. The molecule has 0 heterocycles. The molecule has 0 bridgehead atoms. The summed E-state index contributed by atoms with van der Waals surface area (Å²) < 4.78 is 4.96. The lowest BCUT2D eigenvalue weighted by molar-refractivity contribution is -0.203. The van der Waals surface area contributed by atoms with Crippen molar-refractivity contribution >= 4 is 5.97 Å². The van der Waals surface area contributed by atoms with Crippen molar-refractivity contribution in [2.75, 3.05) is 7.11 Å². The van der Waals surface area contributed by atoms with Crippen molar-refractivity contribution in [2.24, 2.45) is 52.3 Å². The number of fused-ring (bicyclic) bond motifs is 5. The van der Waals surface area contributed by atoms with E-state index in [9.17, 15) is 15.0 Å². The van der Waals surface area contributed by atoms with Crippen LogP contribution in [-0.4, -0.2) is 35.5 Å². The summed E-state index contributed by atoms with van der Waals surface area (Å²) in [4.78, 5) is 11.9. The normalized spacial score (nSPS) is 51.4. The van der Waals surface area contributed by atoms with Crippen LogP contribution in [0.3, 0.4) is 0 Å². The lowest BCUT2D eigenvalue weighted by Gasteiger charge is -2.64. The van der Waals surface area contributed by atoms with Crippen molar-refractivity contribution < 1.29 is 19.7 Å². The molecule has 4 aliphatic carbocycles. The molecule has 0 aromatic heterocycles. The first-order valence-corrected chi connectivity index (χ1v) is 12.6. The zero-order chi connectivity index (χ0) is 21.8. The summed E-state index contributed by atoms with van der Waals surface area (Å²) >= 11 is 0. The molecule has 0 aliphatic heterocycles. The van der Waals surface area contributed by atoms with Crippen LogP contribution in [0, 0.1) is 52.3 Å². The lowest BCUT2D eigenvalue weighted by Crippen LogP contribution is -2.62. The highest BCUT2D eigenvalue weighted by atomic mass is 16.5. The van der Waals surface area contributed by atoms with Crippen molar-refractivity contribution in [1.29, 1.82) is 0 Å². The van der Waals surface area contributed by atoms with E-state index in [1.807, 2.05) is 0 Å². The third-order valence-corrected chi connectivity index (χ3v) is 10.9. The second-order valence-electron chi connectivity index (χ2n) is 11.9. The van der Waals surface area contributed by atoms with E-state index in [2.05, 4.69) is 27.7 Å². The zero-order valence-corrected chi connectivity index (χ0v) is 19.8. The molecule has 4 rings (SSSR count). The fourth-order valence-electron chi connectivity index (χ4n) is 9.42. The van der Waals surface area contributed by atoms with Gasteiger partial charge >= 0.3 is 5.97 Å². The summed E-state index contributed by atoms with van der Waals surface area (Å²) in [6, 6.07) is 0. The number of ether oxygens (including phenoxy) is 1. The molecule has 0 saturated heterocycles. The highest BCUT2D eigenvalue weighted by Crippen LogP contribution is 2.69. The Morgan fingerprint density at radius 3 is 2.37 bits per heavy atom. The predicted molar refractivity (Wildman–Crippen MR) is 118 cm³/mol. The summed E-state index contributed by atoms with van der Waals surface area (Å²) in [5.74, 6) is 3.02. The van der Waals surface area contributed by atoms with Crippen LogP contribution >= 0.6 is 0 Å². The summed E-state index contributed by atoms with van der Waals surface area (Å²) in [5.41, 5.74) is 0.464. The molecule has 0 spiro atoms. The SMILES string of the molecule is CC[C@H]1C(O)C2C3CC[C@H]([C@H](C)CC(=O)OC)[C@@]3(C)CCC2[C@@]2(C)CC[C@@H](O)C[C@@H]12. The minimum absolute atomic E-state index is 0.0944. The molecule has 2 N–H and O–H groups in total. The number of esters is 1. The number of methoxy groups -OCH3 is 1. The largest absolute Gasteiger partial charge is 0.469 e. The van der Waals surface area contributed by atoms with Crippen LogP contribution in [0.5, 0.6) is 0 Å². The van der Waals surface area contributed by atoms with Gasteiger partial charge in [-0.15, -0.1) is 0 Å². The van der Waals surface area contributed by atoms with E-state index in [4.69, 9.17) is 4.74 Å². The quantitative estimate of drug-likeness (QED) is 0.640. The maximum Gasteiger partial charge on any atom is 0.305 e. The fourth-order valence-corrected chi connectivity index (χ4v) is 9.42. The van der Waals surface area contributed by atoms with Crippen molar-refractivity contribution in [3.63, 3.8) is 0 Å². The van der Waals surface area contributed by atoms with Gasteiger partial charge in [0.05, 0.1) is 19.3 Å². The average Bonchev–Trinajstić information content (AvgIpc) is 3.06. The van der Waals surface area contributed by atoms with Crippen molar-refractivity contribution in [1.82, 2.24) is 0 Å². The molecule has 4 aliphatic rings. The standard InChI is InChI=1S/C26H44O4/c1-6-17-21-14-16(27)9-11-26(21,4)20-10-12-25(3)18(15(2)13-22(28)30-5)7-8-19(25)23(20)24(17)29/h15-21,23-24,27,29H,6-14H2,1-5H3/t15-,16-,17-,18-,19?,20?,21+,23?,24?,25-,26-/m1/s1. The second-order valence-corrected chi connectivity index (χ2v) is 11.9. The minimum Gasteiger partial charge on any atom is -0.469 e. The molecule has 30 heavy (non-hydrogen) atoms. The molecule has 4 heteroatoms. The fraction of sp³-hybridized carbons (Fsp3) is 0.962. The van der Waals surface area contributed by atoms with Crippen molar-refractivity contribution in [2.45, 2.75) is 97.7 Å². The summed E-state index contributed by atoms with van der Waals surface area (Å²) in [7, 11) is 1.49. The Kier molecular flexibility index (Phi) is 6.07. The Balaban J connectivity index is 1.63. The maximum absolute atomic E-state index is 11.9. The number of hydrogen-bond acceptors (Lipinski definition) is 4. The Morgan fingerprint density at radius 2 is 1.70 bits per heavy atom. The summed E-state index contributed by atoms with van der Waals surface area (Å²) in [6.07, 6.45) is 8.73. The van der Waals surface area contributed by atoms with Gasteiger partial charge in [-0.2, -0.15) is 0 Å². The van der Waals surface area contributed by atoms with E-state index < -0.39 is 0 Å². The molecule has 4 saturated carbocycles. The van der Waals surface area contributed by atoms with E-state index in [-0.39, 0.29) is 29.0 Å². The van der Waals surface area contributed by atoms with Gasteiger partial charge in [0, 0.05) is 6.42 Å². The highest BCUT2D eigenvalue weighted by molar-refractivity contribution is 5.69. The molecule has 0 aromatic carbocycles. The van der Waals surface area contributed by atoms with E-state index in [0.717, 1.165) is 25.7 Å². The number of carbonyl (C=O) groups is 1. The predicted octanol–water partition coefficient (Wildman–Crippen LogP) is 4.81. The number of aliphatic hydroxyl groups excluding tert-OH is 2. The molecular formula is C26H44O4. The van der Waals surface area contributed by atoms with E-state index in [1.54, 1.807) is 0 Å². The van der Waals surface area contributed by atoms with Crippen LogP contribution in [0.2, 0.25) is 0 Å². The number of hydrogen-bond donors (Lipinski definition) is 2. The Bertz CT molecular complexity index is 649. The van der Waals surface area contributed by atoms with Gasteiger partial charge in [0.15, 0.2) is 0 Å². The molecule has 0 radical (unpaired) electrons. The van der Waals surface area contributed by atoms with Gasteiger partial charge in [-0.05, 0) is 97.2 Å². The monoisotopic (exact) mass is 420 g/mol. The molecule has 0 amide bonds. The van der Waals surface area contributed by atoms with Gasteiger partial charge in [0.1, 0.15) is 0 Å². The van der Waals surface area contributed by atoms with Crippen molar-refractivity contribution in [3.05, 3.63) is 0 Å². The van der Waals surface area contributed by atoms with E-state index in [0.29, 0.717) is 47.8 Å². The average molecular weight is 421 g/mol. The smallest absolute Gasteiger partial charge is 0.305 e. The highest BCUT2D eigenvalue weighted by Gasteiger charge is 2.64. The van der Waals surface area contributed by atoms with Gasteiger partial charge in [0.2, 0.25) is 0 Å². The first kappa shape index (κ1) is 22.6. The van der Waals surface area contributed by atoms with Crippen LogP contribution in [-0.2, 0) is 9.53 Å². The molecule has 4 fully saturated rings. The van der Waals surface area contributed by atoms with Gasteiger partial charge in [-0.3, -0.25) is 4.79 Å². The Morgan fingerprint density at radius 1 is 1.03 bits per heavy atom. The van der Waals surface area contributed by atoms with Gasteiger partial charge in [0.25, 0.3) is 0 Å². The third-order valence-electron chi connectivity index (χ3n) is 10.9.